The Hall–Kier alpha value is -2.79. The summed E-state index contributed by atoms with van der Waals surface area (Å²) in [5.74, 6) is 0.0870. The van der Waals surface area contributed by atoms with Gasteiger partial charge in [0.25, 0.3) is 0 Å². The van der Waals surface area contributed by atoms with Crippen LogP contribution in [0.25, 0.3) is 10.9 Å². The lowest BCUT2D eigenvalue weighted by atomic mass is 9.94. The molecule has 0 unspecified atom stereocenters. The molecule has 3 rings (SSSR count). The first-order valence-electron chi connectivity index (χ1n) is 11.6. The molecule has 0 radical (unpaired) electrons. The van der Waals surface area contributed by atoms with Gasteiger partial charge in [-0.25, -0.2) is 0 Å². The largest absolute Gasteiger partial charge is 0.361 e. The fourth-order valence-electron chi connectivity index (χ4n) is 3.96. The van der Waals surface area contributed by atoms with E-state index in [9.17, 15) is 9.59 Å². The van der Waals surface area contributed by atoms with E-state index in [1.165, 1.54) is 10.9 Å². The molecule has 0 aliphatic rings. The number of nitrogens with one attached hydrogen (secondary N) is 1. The molecular formula is C27H34ClN3O2. The summed E-state index contributed by atoms with van der Waals surface area (Å²) in [6.45, 7) is 7.34. The van der Waals surface area contributed by atoms with Crippen molar-refractivity contribution in [2.45, 2.75) is 40.2 Å². The van der Waals surface area contributed by atoms with E-state index >= 15 is 0 Å². The highest BCUT2D eigenvalue weighted by atomic mass is 35.5. The molecule has 1 N–H and O–H groups in total. The Morgan fingerprint density at radius 2 is 1.67 bits per heavy atom. The number of carbonyl (C=O) groups is 2. The fraction of sp³-hybridized carbons (Fsp3) is 0.407. The summed E-state index contributed by atoms with van der Waals surface area (Å²) in [7, 11) is 0. The number of rotatable bonds is 11. The minimum absolute atomic E-state index is 0.0501. The van der Waals surface area contributed by atoms with Crippen LogP contribution >= 0.6 is 11.6 Å². The van der Waals surface area contributed by atoms with Crippen LogP contribution in [-0.4, -0.2) is 52.1 Å². The number of benzene rings is 2. The highest BCUT2D eigenvalue weighted by Gasteiger charge is 2.32. The molecular weight excluding hydrogens is 434 g/mol. The van der Waals surface area contributed by atoms with Crippen LogP contribution in [0.4, 0.5) is 0 Å². The summed E-state index contributed by atoms with van der Waals surface area (Å²) in [4.78, 5) is 33.4. The van der Waals surface area contributed by atoms with Gasteiger partial charge in [0.2, 0.25) is 11.8 Å². The predicted molar refractivity (Wildman–Crippen MR) is 135 cm³/mol. The minimum Gasteiger partial charge on any atom is -0.361 e. The number of aromatic amines is 1. The Labute approximate surface area is 201 Å². The van der Waals surface area contributed by atoms with Crippen molar-refractivity contribution in [2.24, 2.45) is 5.41 Å². The molecule has 0 saturated heterocycles. The smallest absolute Gasteiger partial charge is 0.242 e. The Kier molecular flexibility index (Phi) is 8.56. The predicted octanol–water partition coefficient (Wildman–Crippen LogP) is 5.24. The lowest BCUT2D eigenvalue weighted by Crippen LogP contribution is -2.48. The molecule has 0 spiro atoms. The van der Waals surface area contributed by atoms with Gasteiger partial charge in [-0.1, -0.05) is 55.5 Å². The first-order valence-corrected chi connectivity index (χ1v) is 12.1. The highest BCUT2D eigenvalue weighted by molar-refractivity contribution is 6.19. The monoisotopic (exact) mass is 467 g/mol. The van der Waals surface area contributed by atoms with Gasteiger partial charge in [-0.2, -0.15) is 0 Å². The third-order valence-electron chi connectivity index (χ3n) is 5.91. The van der Waals surface area contributed by atoms with E-state index in [2.05, 4.69) is 17.1 Å². The molecule has 176 valence electrons. The third kappa shape index (κ3) is 6.38. The third-order valence-corrected chi connectivity index (χ3v) is 6.58. The number of fused-ring (bicyclic) bond motifs is 1. The van der Waals surface area contributed by atoms with E-state index in [1.807, 2.05) is 74.3 Å². The van der Waals surface area contributed by atoms with E-state index in [0.29, 0.717) is 19.6 Å². The van der Waals surface area contributed by atoms with Gasteiger partial charge in [-0.15, -0.1) is 11.6 Å². The maximum atomic E-state index is 13.5. The van der Waals surface area contributed by atoms with Crippen molar-refractivity contribution in [1.29, 1.82) is 0 Å². The van der Waals surface area contributed by atoms with Gasteiger partial charge in [-0.3, -0.25) is 9.59 Å². The number of para-hydroxylation sites is 1. The second-order valence-corrected chi connectivity index (χ2v) is 9.42. The van der Waals surface area contributed by atoms with E-state index < -0.39 is 5.41 Å². The summed E-state index contributed by atoms with van der Waals surface area (Å²) < 4.78 is 0. The number of aromatic nitrogens is 1. The zero-order chi connectivity index (χ0) is 23.8. The van der Waals surface area contributed by atoms with Crippen molar-refractivity contribution in [2.75, 3.05) is 25.5 Å². The van der Waals surface area contributed by atoms with Crippen LogP contribution < -0.4 is 0 Å². The number of carbonyl (C=O) groups excluding carboxylic acids is 2. The molecule has 2 amide bonds. The van der Waals surface area contributed by atoms with Gasteiger partial charge in [0.1, 0.15) is 0 Å². The van der Waals surface area contributed by atoms with Crippen LogP contribution in [0.5, 0.6) is 0 Å². The van der Waals surface area contributed by atoms with E-state index in [4.69, 9.17) is 11.6 Å². The van der Waals surface area contributed by atoms with Gasteiger partial charge < -0.3 is 14.8 Å². The molecule has 1 aromatic heterocycles. The van der Waals surface area contributed by atoms with Crippen molar-refractivity contribution < 1.29 is 9.59 Å². The molecule has 3 aromatic rings. The number of amides is 2. The summed E-state index contributed by atoms with van der Waals surface area (Å²) in [6, 6.07) is 18.2. The average Bonchev–Trinajstić information content (AvgIpc) is 3.24. The zero-order valence-electron chi connectivity index (χ0n) is 19.8. The summed E-state index contributed by atoms with van der Waals surface area (Å²) in [5, 5.41) is 1.18. The molecule has 2 aromatic carbocycles. The second-order valence-electron chi connectivity index (χ2n) is 9.15. The molecule has 0 saturated carbocycles. The Balaban J connectivity index is 1.78. The topological polar surface area (TPSA) is 56.4 Å². The molecule has 0 bridgehead atoms. The molecule has 1 heterocycles. The van der Waals surface area contributed by atoms with Crippen LogP contribution in [-0.2, 0) is 22.6 Å². The molecule has 6 heteroatoms. The first kappa shape index (κ1) is 24.8. The number of hydrogen-bond donors (Lipinski definition) is 1. The van der Waals surface area contributed by atoms with Gasteiger partial charge >= 0.3 is 0 Å². The maximum Gasteiger partial charge on any atom is 0.242 e. The van der Waals surface area contributed by atoms with Crippen LogP contribution in [0.1, 0.15) is 38.3 Å². The number of halogens is 1. The standard InChI is InChI=1S/C27H34ClN3O2/c1-4-15-31(26(33)27(2,3)20-28)19-25(32)30(18-21-10-6-5-7-11-21)16-14-22-17-29-24-13-9-8-12-23(22)24/h5-13,17,29H,4,14-16,18-20H2,1-3H3. The number of alkyl halides is 1. The van der Waals surface area contributed by atoms with Gasteiger partial charge in [0, 0.05) is 42.6 Å². The Morgan fingerprint density at radius 1 is 0.970 bits per heavy atom. The molecule has 0 aliphatic carbocycles. The van der Waals surface area contributed by atoms with Crippen molar-refractivity contribution in [1.82, 2.24) is 14.8 Å². The summed E-state index contributed by atoms with van der Waals surface area (Å²) >= 11 is 6.05. The average molecular weight is 468 g/mol. The van der Waals surface area contributed by atoms with Crippen LogP contribution in [0, 0.1) is 5.41 Å². The summed E-state index contributed by atoms with van der Waals surface area (Å²) in [6.07, 6.45) is 3.54. The lowest BCUT2D eigenvalue weighted by molar-refractivity contribution is -0.145. The maximum absolute atomic E-state index is 13.5. The quantitative estimate of drug-likeness (QED) is 0.392. The summed E-state index contributed by atoms with van der Waals surface area (Å²) in [5.41, 5.74) is 2.64. The Morgan fingerprint density at radius 3 is 2.36 bits per heavy atom. The van der Waals surface area contributed by atoms with E-state index in [-0.39, 0.29) is 24.2 Å². The van der Waals surface area contributed by atoms with E-state index in [1.54, 1.807) is 4.90 Å². The minimum atomic E-state index is -0.703. The van der Waals surface area contributed by atoms with Crippen molar-refractivity contribution in [3.05, 3.63) is 71.9 Å². The zero-order valence-corrected chi connectivity index (χ0v) is 20.6. The van der Waals surface area contributed by atoms with Crippen molar-refractivity contribution >= 4 is 34.3 Å². The number of nitrogens with zero attached hydrogens (tertiary/aromatic N) is 2. The SMILES string of the molecule is CCCN(CC(=O)N(CCc1c[nH]c2ccccc12)Cc1ccccc1)C(=O)C(C)(C)CCl. The molecule has 33 heavy (non-hydrogen) atoms. The molecule has 0 fully saturated rings. The fourth-order valence-corrected chi connectivity index (χ4v) is 4.07. The molecule has 5 nitrogen and oxygen atoms in total. The Bertz CT molecular complexity index is 1060. The van der Waals surface area contributed by atoms with Gasteiger partial charge in [0.15, 0.2) is 0 Å². The molecule has 0 aliphatic heterocycles. The van der Waals surface area contributed by atoms with Crippen LogP contribution in [0.3, 0.4) is 0 Å². The first-order chi connectivity index (χ1) is 15.9. The molecule has 0 atom stereocenters. The van der Waals surface area contributed by atoms with Crippen LogP contribution in [0.2, 0.25) is 0 Å². The van der Waals surface area contributed by atoms with Crippen LogP contribution in [0.15, 0.2) is 60.8 Å². The number of H-pyrrole nitrogens is 1. The highest BCUT2D eigenvalue weighted by Crippen LogP contribution is 2.22. The van der Waals surface area contributed by atoms with Crippen molar-refractivity contribution in [3.8, 4) is 0 Å². The van der Waals surface area contributed by atoms with E-state index in [0.717, 1.165) is 23.9 Å². The normalized spacial score (nSPS) is 11.5. The van der Waals surface area contributed by atoms with Gasteiger partial charge in [-0.05, 0) is 43.9 Å². The second kappa shape index (κ2) is 11.4. The van der Waals surface area contributed by atoms with Gasteiger partial charge in [0.05, 0.1) is 12.0 Å². The van der Waals surface area contributed by atoms with Crippen molar-refractivity contribution in [3.63, 3.8) is 0 Å². The number of hydrogen-bond acceptors (Lipinski definition) is 2. The lowest BCUT2D eigenvalue weighted by Gasteiger charge is -2.32.